The van der Waals surface area contributed by atoms with E-state index < -0.39 is 5.97 Å². The molecule has 0 aliphatic carbocycles. The lowest BCUT2D eigenvalue weighted by atomic mass is 9.89. The first-order chi connectivity index (χ1) is 16.5. The lowest BCUT2D eigenvalue weighted by Crippen LogP contribution is -2.16. The summed E-state index contributed by atoms with van der Waals surface area (Å²) in [5.74, 6) is 1.93. The highest BCUT2D eigenvalue weighted by molar-refractivity contribution is 6.10. The minimum absolute atomic E-state index is 0.0868. The molecule has 0 bridgehead atoms. The van der Waals surface area contributed by atoms with Gasteiger partial charge in [0, 0.05) is 12.7 Å². The summed E-state index contributed by atoms with van der Waals surface area (Å²) in [6, 6.07) is 11.2. The Morgan fingerprint density at radius 1 is 0.971 bits per heavy atom. The van der Waals surface area contributed by atoms with E-state index in [2.05, 4.69) is 0 Å². The minimum Gasteiger partial charge on any atom is -0.493 e. The number of carbonyl (C=O) groups excluding carboxylic acids is 1. The fourth-order valence-electron chi connectivity index (χ4n) is 4.00. The number of rotatable bonds is 9. The molecular weight excluding hydrogens is 440 g/mol. The molecule has 4 rings (SSSR count). The van der Waals surface area contributed by atoms with Crippen LogP contribution in [0.25, 0.3) is 21.9 Å². The molecule has 0 radical (unpaired) electrons. The van der Waals surface area contributed by atoms with Crippen molar-refractivity contribution in [3.63, 3.8) is 0 Å². The molecule has 8 nitrogen and oxygen atoms in total. The number of carbonyl (C=O) groups is 1. The third kappa shape index (κ3) is 4.60. The van der Waals surface area contributed by atoms with Crippen LogP contribution in [0.3, 0.4) is 0 Å². The summed E-state index contributed by atoms with van der Waals surface area (Å²) >= 11 is 0. The van der Waals surface area contributed by atoms with Crippen LogP contribution in [0.15, 0.2) is 36.4 Å². The fraction of sp³-hybridized carbons (Fsp3) is 0.346. The van der Waals surface area contributed by atoms with Crippen molar-refractivity contribution in [3.05, 3.63) is 47.5 Å². The molecule has 8 heteroatoms. The van der Waals surface area contributed by atoms with Crippen molar-refractivity contribution < 1.29 is 38.0 Å². The number of fused-ring (bicyclic) bond motifs is 2. The summed E-state index contributed by atoms with van der Waals surface area (Å²) in [5.41, 5.74) is 2.51. The molecule has 0 atom stereocenters. The highest BCUT2D eigenvalue weighted by Gasteiger charge is 2.26. The average Bonchev–Trinajstić information content (AvgIpc) is 3.28. The predicted molar refractivity (Wildman–Crippen MR) is 126 cm³/mol. The Hall–Kier alpha value is -3.49. The third-order valence-corrected chi connectivity index (χ3v) is 5.39. The van der Waals surface area contributed by atoms with E-state index in [9.17, 15) is 4.79 Å². The smallest absolute Gasteiger partial charge is 0.339 e. The van der Waals surface area contributed by atoms with E-state index in [1.165, 1.54) is 0 Å². The summed E-state index contributed by atoms with van der Waals surface area (Å²) in [6.07, 6.45) is -0.300. The first-order valence-electron chi connectivity index (χ1n) is 10.9. The molecule has 1 heterocycles. The van der Waals surface area contributed by atoms with E-state index in [4.69, 9.17) is 33.2 Å². The van der Waals surface area contributed by atoms with Crippen molar-refractivity contribution in [1.82, 2.24) is 0 Å². The first kappa shape index (κ1) is 23.7. The molecule has 180 valence electrons. The number of hydrogen-bond donors (Lipinski definition) is 0. The Balaban J connectivity index is 2.03. The van der Waals surface area contributed by atoms with Gasteiger partial charge in [0.15, 0.2) is 23.0 Å². The summed E-state index contributed by atoms with van der Waals surface area (Å²) in [4.78, 5) is 13.4. The molecule has 3 aromatic rings. The SMILES string of the molecule is COCOCc1cc2cc3c(cc2c(-c2ccc(OC)c(OC)c2)c1C(=O)OC(C)C)OCO3. The molecule has 0 saturated heterocycles. The summed E-state index contributed by atoms with van der Waals surface area (Å²) in [7, 11) is 4.69. The number of esters is 1. The van der Waals surface area contributed by atoms with Crippen molar-refractivity contribution in [2.24, 2.45) is 0 Å². The van der Waals surface area contributed by atoms with Gasteiger partial charge >= 0.3 is 5.97 Å². The lowest BCUT2D eigenvalue weighted by molar-refractivity contribution is -0.0393. The van der Waals surface area contributed by atoms with Crippen LogP contribution in [-0.2, 0) is 20.8 Å². The second kappa shape index (κ2) is 10.2. The van der Waals surface area contributed by atoms with E-state index in [0.717, 1.165) is 16.3 Å². The molecule has 1 aliphatic rings. The largest absolute Gasteiger partial charge is 0.493 e. The average molecular weight is 469 g/mol. The molecular formula is C26H28O8. The minimum atomic E-state index is -0.449. The molecule has 0 aromatic heterocycles. The van der Waals surface area contributed by atoms with Crippen LogP contribution in [0, 0.1) is 0 Å². The van der Waals surface area contributed by atoms with Crippen molar-refractivity contribution in [1.29, 1.82) is 0 Å². The van der Waals surface area contributed by atoms with E-state index in [1.54, 1.807) is 27.4 Å². The summed E-state index contributed by atoms with van der Waals surface area (Å²) in [6.45, 7) is 4.01. The molecule has 3 aromatic carbocycles. The maximum atomic E-state index is 13.4. The standard InChI is InChI=1S/C26H28O8/c1-15(2)34-26(27)25-18(12-31-13-28-3)8-17-10-22-23(33-14-32-22)11-19(17)24(25)16-6-7-20(29-4)21(9-16)30-5/h6-11,15H,12-14H2,1-5H3. The Morgan fingerprint density at radius 2 is 1.71 bits per heavy atom. The van der Waals surface area contributed by atoms with Gasteiger partial charge in [-0.3, -0.25) is 0 Å². The van der Waals surface area contributed by atoms with E-state index in [1.807, 2.05) is 44.2 Å². The predicted octanol–water partition coefficient (Wildman–Crippen LogP) is 4.94. The van der Waals surface area contributed by atoms with Crippen molar-refractivity contribution in [2.75, 3.05) is 34.9 Å². The lowest BCUT2D eigenvalue weighted by Gasteiger charge is -2.20. The van der Waals surface area contributed by atoms with Gasteiger partial charge in [-0.1, -0.05) is 6.07 Å². The highest BCUT2D eigenvalue weighted by Crippen LogP contribution is 2.44. The normalized spacial score (nSPS) is 12.3. The van der Waals surface area contributed by atoms with Gasteiger partial charge in [-0.25, -0.2) is 4.79 Å². The summed E-state index contributed by atoms with van der Waals surface area (Å²) in [5, 5.41) is 1.67. The molecule has 34 heavy (non-hydrogen) atoms. The van der Waals surface area contributed by atoms with Crippen LogP contribution < -0.4 is 18.9 Å². The highest BCUT2D eigenvalue weighted by atomic mass is 16.7. The van der Waals surface area contributed by atoms with Crippen LogP contribution in [0.5, 0.6) is 23.0 Å². The van der Waals surface area contributed by atoms with Gasteiger partial charge in [-0.15, -0.1) is 0 Å². The zero-order valence-electron chi connectivity index (χ0n) is 19.9. The zero-order valence-corrected chi connectivity index (χ0v) is 19.9. The quantitative estimate of drug-likeness (QED) is 0.248. The Kier molecular flexibility index (Phi) is 7.09. The van der Waals surface area contributed by atoms with Crippen LogP contribution in [0.4, 0.5) is 0 Å². The molecule has 0 spiro atoms. The number of hydrogen-bond acceptors (Lipinski definition) is 8. The molecule has 0 fully saturated rings. The Labute approximate surface area is 198 Å². The molecule has 0 saturated carbocycles. The van der Waals surface area contributed by atoms with Crippen LogP contribution in [0.1, 0.15) is 29.8 Å². The van der Waals surface area contributed by atoms with Gasteiger partial charge in [0.05, 0.1) is 32.5 Å². The van der Waals surface area contributed by atoms with Crippen molar-refractivity contribution in [3.8, 4) is 34.1 Å². The Morgan fingerprint density at radius 3 is 2.38 bits per heavy atom. The van der Waals surface area contributed by atoms with Crippen LogP contribution >= 0.6 is 0 Å². The third-order valence-electron chi connectivity index (χ3n) is 5.39. The number of ether oxygens (including phenoxy) is 7. The van der Waals surface area contributed by atoms with E-state index >= 15 is 0 Å². The van der Waals surface area contributed by atoms with Crippen molar-refractivity contribution in [2.45, 2.75) is 26.6 Å². The van der Waals surface area contributed by atoms with Gasteiger partial charge in [0.2, 0.25) is 6.79 Å². The zero-order chi connectivity index (χ0) is 24.2. The maximum absolute atomic E-state index is 13.4. The topological polar surface area (TPSA) is 81.7 Å². The second-order valence-electron chi connectivity index (χ2n) is 7.99. The molecule has 0 N–H and O–H groups in total. The van der Waals surface area contributed by atoms with Crippen molar-refractivity contribution >= 4 is 16.7 Å². The maximum Gasteiger partial charge on any atom is 0.339 e. The van der Waals surface area contributed by atoms with E-state index in [0.29, 0.717) is 39.7 Å². The number of benzene rings is 3. The summed E-state index contributed by atoms with van der Waals surface area (Å²) < 4.78 is 38.5. The number of methoxy groups -OCH3 is 3. The van der Waals surface area contributed by atoms with Gasteiger partial charge in [0.1, 0.15) is 6.79 Å². The van der Waals surface area contributed by atoms with Gasteiger partial charge in [-0.2, -0.15) is 0 Å². The van der Waals surface area contributed by atoms with Crippen LogP contribution in [0.2, 0.25) is 0 Å². The van der Waals surface area contributed by atoms with Gasteiger partial charge < -0.3 is 33.2 Å². The van der Waals surface area contributed by atoms with Crippen LogP contribution in [-0.4, -0.2) is 47.0 Å². The second-order valence-corrected chi connectivity index (χ2v) is 7.99. The monoisotopic (exact) mass is 468 g/mol. The first-order valence-corrected chi connectivity index (χ1v) is 10.9. The fourth-order valence-corrected chi connectivity index (χ4v) is 4.00. The van der Waals surface area contributed by atoms with Gasteiger partial charge in [-0.05, 0) is 66.1 Å². The molecule has 0 unspecified atom stereocenters. The van der Waals surface area contributed by atoms with Gasteiger partial charge in [0.25, 0.3) is 0 Å². The van der Waals surface area contributed by atoms with E-state index in [-0.39, 0.29) is 26.3 Å². The molecule has 0 amide bonds. The Bertz CT molecular complexity index is 1200. The molecule has 1 aliphatic heterocycles.